The molecule has 0 radical (unpaired) electrons. The molecule has 0 bridgehead atoms. The maximum Gasteiger partial charge on any atom is 0.258 e. The van der Waals surface area contributed by atoms with Gasteiger partial charge >= 0.3 is 0 Å². The molecular weight excluding hydrogens is 276 g/mol. The molecule has 104 valence electrons. The van der Waals surface area contributed by atoms with E-state index in [0.717, 1.165) is 5.56 Å². The van der Waals surface area contributed by atoms with Gasteiger partial charge in [-0.1, -0.05) is 18.5 Å². The van der Waals surface area contributed by atoms with Crippen LogP contribution in [0.15, 0.2) is 41.5 Å². The van der Waals surface area contributed by atoms with Gasteiger partial charge in [0.25, 0.3) is 5.56 Å². The molecule has 0 saturated heterocycles. The second-order valence-corrected chi connectivity index (χ2v) is 4.65. The van der Waals surface area contributed by atoms with Crippen LogP contribution in [-0.4, -0.2) is 9.38 Å². The van der Waals surface area contributed by atoms with Crippen molar-refractivity contribution in [2.45, 2.75) is 13.3 Å². The van der Waals surface area contributed by atoms with Gasteiger partial charge in [-0.3, -0.25) is 9.20 Å². The van der Waals surface area contributed by atoms with E-state index in [1.54, 1.807) is 24.4 Å². The predicted octanol–water partition coefficient (Wildman–Crippen LogP) is 1.68. The molecule has 0 amide bonds. The first-order chi connectivity index (χ1) is 9.56. The van der Waals surface area contributed by atoms with Crippen LogP contribution >= 0.6 is 11.6 Å². The lowest BCUT2D eigenvalue weighted by atomic mass is 10.2. The number of hydrogen-bond acceptors (Lipinski definition) is 4. The van der Waals surface area contributed by atoms with Crippen LogP contribution in [-0.2, 0) is 6.42 Å². The molecule has 0 aliphatic heterocycles. The van der Waals surface area contributed by atoms with Gasteiger partial charge in [-0.15, -0.1) is 0 Å². The highest BCUT2D eigenvalue weighted by molar-refractivity contribution is 6.30. The molecule has 2 heterocycles. The maximum absolute atomic E-state index is 12.1. The average Bonchev–Trinajstić information content (AvgIpc) is 2.44. The molecule has 0 spiro atoms. The number of aromatic nitrogens is 2. The van der Waals surface area contributed by atoms with Crippen molar-refractivity contribution in [3.05, 3.63) is 63.3 Å². The SMILES string of the molecule is CCc1cc(Cl)cn2c(=O)cc(/C(N)=C/C=C\N)nc12. The molecule has 2 rings (SSSR count). The minimum atomic E-state index is -0.227. The Labute approximate surface area is 121 Å². The maximum atomic E-state index is 12.1. The van der Waals surface area contributed by atoms with Crippen LogP contribution in [0.25, 0.3) is 11.3 Å². The number of aryl methyl sites for hydroxylation is 1. The third kappa shape index (κ3) is 2.67. The molecule has 0 aliphatic rings. The fraction of sp³-hybridized carbons (Fsp3) is 0.143. The van der Waals surface area contributed by atoms with E-state index in [-0.39, 0.29) is 5.56 Å². The molecule has 6 heteroatoms. The van der Waals surface area contributed by atoms with E-state index in [0.29, 0.717) is 28.5 Å². The van der Waals surface area contributed by atoms with E-state index in [4.69, 9.17) is 23.1 Å². The Morgan fingerprint density at radius 3 is 2.90 bits per heavy atom. The van der Waals surface area contributed by atoms with E-state index in [2.05, 4.69) is 4.98 Å². The van der Waals surface area contributed by atoms with Crippen molar-refractivity contribution in [2.75, 3.05) is 0 Å². The number of hydrogen-bond donors (Lipinski definition) is 2. The fourth-order valence-electron chi connectivity index (χ4n) is 1.89. The molecule has 5 nitrogen and oxygen atoms in total. The van der Waals surface area contributed by atoms with Crippen molar-refractivity contribution in [1.82, 2.24) is 9.38 Å². The van der Waals surface area contributed by atoms with Crippen molar-refractivity contribution in [1.29, 1.82) is 0 Å². The minimum Gasteiger partial charge on any atom is -0.405 e. The highest BCUT2D eigenvalue weighted by atomic mass is 35.5. The molecule has 4 N–H and O–H groups in total. The quantitative estimate of drug-likeness (QED) is 0.842. The summed E-state index contributed by atoms with van der Waals surface area (Å²) in [5.74, 6) is 0. The molecule has 20 heavy (non-hydrogen) atoms. The predicted molar refractivity (Wildman–Crippen MR) is 81.3 cm³/mol. The minimum absolute atomic E-state index is 0.227. The normalized spacial score (nSPS) is 12.4. The monoisotopic (exact) mass is 290 g/mol. The number of pyridine rings is 1. The number of nitrogens with two attached hydrogens (primary N) is 2. The molecule has 0 saturated carbocycles. The standard InChI is InChI=1S/C14H15ClN4O/c1-2-9-6-10(15)8-19-13(20)7-12(18-14(9)19)11(17)4-3-5-16/h3-8H,2,16-17H2,1H3/b5-3-,11-4-. The van der Waals surface area contributed by atoms with Gasteiger partial charge in [0.2, 0.25) is 0 Å². The second-order valence-electron chi connectivity index (χ2n) is 4.22. The van der Waals surface area contributed by atoms with E-state index >= 15 is 0 Å². The number of rotatable bonds is 3. The Kier molecular flexibility index (Phi) is 4.10. The third-order valence-electron chi connectivity index (χ3n) is 2.87. The number of fused-ring (bicyclic) bond motifs is 1. The first-order valence-corrected chi connectivity index (χ1v) is 6.51. The van der Waals surface area contributed by atoms with Crippen molar-refractivity contribution in [2.24, 2.45) is 11.5 Å². The highest BCUT2D eigenvalue weighted by Crippen LogP contribution is 2.16. The van der Waals surface area contributed by atoms with Gasteiger partial charge in [0, 0.05) is 12.3 Å². The zero-order chi connectivity index (χ0) is 14.7. The smallest absolute Gasteiger partial charge is 0.258 e. The van der Waals surface area contributed by atoms with Crippen molar-refractivity contribution >= 4 is 22.9 Å². The van der Waals surface area contributed by atoms with Gasteiger partial charge in [-0.05, 0) is 36.4 Å². The fourth-order valence-corrected chi connectivity index (χ4v) is 2.12. The van der Waals surface area contributed by atoms with Crippen LogP contribution in [0.5, 0.6) is 0 Å². The van der Waals surface area contributed by atoms with Crippen LogP contribution in [0.2, 0.25) is 5.02 Å². The zero-order valence-electron chi connectivity index (χ0n) is 11.0. The Morgan fingerprint density at radius 2 is 2.25 bits per heavy atom. The molecular formula is C14H15ClN4O. The zero-order valence-corrected chi connectivity index (χ0v) is 11.8. The second kappa shape index (κ2) is 5.79. The molecule has 2 aromatic rings. The molecule has 0 aromatic carbocycles. The summed E-state index contributed by atoms with van der Waals surface area (Å²) in [5, 5.41) is 0.501. The summed E-state index contributed by atoms with van der Waals surface area (Å²) in [6.07, 6.45) is 6.81. The highest BCUT2D eigenvalue weighted by Gasteiger charge is 2.08. The van der Waals surface area contributed by atoms with Gasteiger partial charge in [0.15, 0.2) is 0 Å². The molecule has 0 unspecified atom stereocenters. The molecule has 0 fully saturated rings. The topological polar surface area (TPSA) is 86.4 Å². The summed E-state index contributed by atoms with van der Waals surface area (Å²) in [6, 6.07) is 3.17. The van der Waals surface area contributed by atoms with Crippen LogP contribution in [0.3, 0.4) is 0 Å². The first kappa shape index (κ1) is 14.1. The molecule has 2 aromatic heterocycles. The summed E-state index contributed by atoms with van der Waals surface area (Å²) >= 11 is 6.00. The van der Waals surface area contributed by atoms with Gasteiger partial charge < -0.3 is 11.5 Å². The third-order valence-corrected chi connectivity index (χ3v) is 3.07. The van der Waals surface area contributed by atoms with Gasteiger partial charge in [-0.2, -0.15) is 0 Å². The van der Waals surface area contributed by atoms with Crippen molar-refractivity contribution in [3.8, 4) is 0 Å². The van der Waals surface area contributed by atoms with Crippen LogP contribution < -0.4 is 17.0 Å². The van der Waals surface area contributed by atoms with Crippen LogP contribution in [0.1, 0.15) is 18.2 Å². The summed E-state index contributed by atoms with van der Waals surface area (Å²) < 4.78 is 1.43. The Morgan fingerprint density at radius 1 is 1.50 bits per heavy atom. The lowest BCUT2D eigenvalue weighted by Crippen LogP contribution is -2.17. The largest absolute Gasteiger partial charge is 0.405 e. The number of allylic oxidation sites excluding steroid dienone is 2. The Hall–Kier alpha value is -2.27. The summed E-state index contributed by atoms with van der Waals surface area (Å²) in [7, 11) is 0. The van der Waals surface area contributed by atoms with E-state index < -0.39 is 0 Å². The first-order valence-electron chi connectivity index (χ1n) is 6.13. The van der Waals surface area contributed by atoms with Gasteiger partial charge in [-0.25, -0.2) is 4.98 Å². The van der Waals surface area contributed by atoms with Crippen molar-refractivity contribution in [3.63, 3.8) is 0 Å². The van der Waals surface area contributed by atoms with E-state index in [9.17, 15) is 4.79 Å². The van der Waals surface area contributed by atoms with E-state index in [1.807, 2.05) is 6.92 Å². The van der Waals surface area contributed by atoms with E-state index in [1.165, 1.54) is 16.7 Å². The van der Waals surface area contributed by atoms with Gasteiger partial charge in [0.05, 0.1) is 16.4 Å². The summed E-state index contributed by atoms with van der Waals surface area (Å²) in [6.45, 7) is 1.97. The molecule has 0 aliphatic carbocycles. The van der Waals surface area contributed by atoms with Gasteiger partial charge in [0.1, 0.15) is 5.65 Å². The summed E-state index contributed by atoms with van der Waals surface area (Å²) in [5.41, 5.74) is 13.2. The van der Waals surface area contributed by atoms with Crippen LogP contribution in [0, 0.1) is 0 Å². The summed E-state index contributed by atoms with van der Waals surface area (Å²) in [4.78, 5) is 16.6. The lowest BCUT2D eigenvalue weighted by Gasteiger charge is -2.08. The van der Waals surface area contributed by atoms with Crippen molar-refractivity contribution < 1.29 is 0 Å². The number of halogens is 1. The Bertz CT molecular complexity index is 762. The molecule has 0 atom stereocenters. The number of nitrogens with zero attached hydrogens (tertiary/aromatic N) is 2. The Balaban J connectivity index is 2.74. The average molecular weight is 291 g/mol. The lowest BCUT2D eigenvalue weighted by molar-refractivity contribution is 0.995. The van der Waals surface area contributed by atoms with Crippen LogP contribution in [0.4, 0.5) is 0 Å².